The van der Waals surface area contributed by atoms with E-state index in [0.29, 0.717) is 0 Å². The van der Waals surface area contributed by atoms with Gasteiger partial charge in [-0.2, -0.15) is 0 Å². The third kappa shape index (κ3) is 7.27. The van der Waals surface area contributed by atoms with Crippen molar-refractivity contribution in [3.8, 4) is 5.63 Å². The second kappa shape index (κ2) is 13.4. The van der Waals surface area contributed by atoms with Crippen molar-refractivity contribution in [1.82, 2.24) is 0 Å². The molecule has 0 spiro atoms. The van der Waals surface area contributed by atoms with Crippen LogP contribution in [0.1, 0.15) is 12.8 Å². The van der Waals surface area contributed by atoms with E-state index in [-0.39, 0.29) is 88.7 Å². The molecule has 18 heavy (non-hydrogen) atoms. The molecule has 0 heterocycles. The van der Waals surface area contributed by atoms with E-state index in [2.05, 4.69) is 0 Å². The predicted octanol–water partition coefficient (Wildman–Crippen LogP) is -12.7. The molecule has 7 nitrogen and oxygen atoms in total. The molecule has 0 fully saturated rings. The molecule has 0 rings (SSSR count). The van der Waals surface area contributed by atoms with Crippen LogP contribution in [-0.2, 0) is 18.9 Å². The number of rotatable bonds is 5. The Labute approximate surface area is 170 Å². The minimum absolute atomic E-state index is 0. The van der Waals surface area contributed by atoms with Gasteiger partial charge in [0.25, 0.3) is 0 Å². The standard InChI is InChI=1S/C7H7O7P.3Na/c8-4(9)7(5(10)11,6(12)13)2-1-3-15-14;;;/h1-2H2,(H,8,9)(H,10,11)(H,12,13);;;/q;3*+1/p-3. The first-order valence-electron chi connectivity index (χ1n) is 3.59. The minimum atomic E-state index is -3.24. The summed E-state index contributed by atoms with van der Waals surface area (Å²) in [7, 11) is -0.589. The summed E-state index contributed by atoms with van der Waals surface area (Å²) < 4.78 is 9.90. The molecule has 0 bridgehead atoms. The summed E-state index contributed by atoms with van der Waals surface area (Å²) in [4.78, 5) is 31.3. The molecule has 0 aromatic carbocycles. The van der Waals surface area contributed by atoms with Crippen LogP contribution in [0.15, 0.2) is 0 Å². The Balaban J connectivity index is -0.000000327. The topological polar surface area (TPSA) is 137 Å². The zero-order valence-electron chi connectivity index (χ0n) is 10.2. The van der Waals surface area contributed by atoms with Crippen LogP contribution in [0.2, 0.25) is 0 Å². The van der Waals surface area contributed by atoms with Gasteiger partial charge < -0.3 is 0 Å². The summed E-state index contributed by atoms with van der Waals surface area (Å²) in [5.41, 5.74) is -1.23. The Morgan fingerprint density at radius 1 is 0.944 bits per heavy atom. The first kappa shape index (κ1) is 27.7. The quantitative estimate of drug-likeness (QED) is 0.279. The molecule has 0 aliphatic carbocycles. The molecule has 0 unspecified atom stereocenters. The van der Waals surface area contributed by atoms with Gasteiger partial charge in [-0.1, -0.05) is 0 Å². The molecule has 0 amide bonds. The van der Waals surface area contributed by atoms with Crippen LogP contribution < -0.4 is 104 Å². The van der Waals surface area contributed by atoms with Gasteiger partial charge in [-0.05, 0) is 0 Å². The Morgan fingerprint density at radius 3 is 1.50 bits per heavy atom. The molecule has 0 aliphatic rings. The smallest absolute Gasteiger partial charge is 1.00 e. The minimum Gasteiger partial charge on any atom is 1.00 e. The maximum absolute atomic E-state index is 10.4. The van der Waals surface area contributed by atoms with E-state index in [1.54, 1.807) is 0 Å². The van der Waals surface area contributed by atoms with Crippen molar-refractivity contribution in [2.45, 2.75) is 12.8 Å². The molecule has 0 radical (unpaired) electrons. The molecule has 82 valence electrons. The fraction of sp³-hybridized carbons (Fsp3) is 0.429. The number of carboxylic acid groups (broad SMARTS) is 3. The van der Waals surface area contributed by atoms with Crippen LogP contribution in [0.3, 0.4) is 0 Å². The second-order valence-electron chi connectivity index (χ2n) is 2.52. The van der Waals surface area contributed by atoms with Gasteiger partial charge in [0, 0.05) is 0 Å². The van der Waals surface area contributed by atoms with Crippen LogP contribution in [0.4, 0.5) is 0 Å². The van der Waals surface area contributed by atoms with E-state index >= 15 is 0 Å². The average Bonchev–Trinajstić information content (AvgIpc) is 2.10. The number of hydrogen-bond donors (Lipinski definition) is 0. The normalized spacial score (nSPS) is 8.44. The van der Waals surface area contributed by atoms with Gasteiger partial charge in [0.1, 0.15) is 0 Å². The predicted molar refractivity (Wildman–Crippen MR) is 38.2 cm³/mol. The van der Waals surface area contributed by atoms with Crippen LogP contribution >= 0.6 is 7.92 Å². The van der Waals surface area contributed by atoms with E-state index < -0.39 is 44.1 Å². The van der Waals surface area contributed by atoms with Crippen LogP contribution in [-0.4, -0.2) is 17.9 Å². The second-order valence-corrected chi connectivity index (χ2v) is 3.02. The van der Waals surface area contributed by atoms with Crippen LogP contribution in [0, 0.1) is 11.0 Å². The fourth-order valence-electron chi connectivity index (χ4n) is 0.845. The number of carboxylic acids is 3. The van der Waals surface area contributed by atoms with Gasteiger partial charge in [-0.15, -0.1) is 0 Å². The van der Waals surface area contributed by atoms with Crippen molar-refractivity contribution < 1.29 is 123 Å². The summed E-state index contributed by atoms with van der Waals surface area (Å²) in [5, 5.41) is 31.3. The van der Waals surface area contributed by atoms with E-state index in [1.165, 1.54) is 0 Å². The SMILES string of the molecule is O=P#CCCC(C(=O)[O-])(C(=O)[O-])C(=O)[O-].[Na+].[Na+].[Na+]. The van der Waals surface area contributed by atoms with E-state index in [9.17, 15) is 34.3 Å². The van der Waals surface area contributed by atoms with Gasteiger partial charge in [0.2, 0.25) is 0 Å². The van der Waals surface area contributed by atoms with Gasteiger partial charge in [0.15, 0.2) is 0 Å². The number of aliphatic carboxylic acids is 3. The van der Waals surface area contributed by atoms with Crippen LogP contribution in [0.25, 0.3) is 0 Å². The fourth-order valence-corrected chi connectivity index (χ4v) is 1.05. The summed E-state index contributed by atoms with van der Waals surface area (Å²) in [6.45, 7) is 0. The maximum atomic E-state index is 10.4. The van der Waals surface area contributed by atoms with Crippen molar-refractivity contribution in [2.75, 3.05) is 0 Å². The molecule has 0 N–H and O–H groups in total. The first-order valence-corrected chi connectivity index (χ1v) is 4.40. The average molecular weight is 300 g/mol. The molecule has 0 aromatic heterocycles. The van der Waals surface area contributed by atoms with Gasteiger partial charge >= 0.3 is 173 Å². The molecule has 0 aromatic rings. The van der Waals surface area contributed by atoms with E-state index in [0.717, 1.165) is 0 Å². The Kier molecular flexibility index (Phi) is 20.6. The van der Waals surface area contributed by atoms with Gasteiger partial charge in [-0.25, -0.2) is 0 Å². The Hall–Kier alpha value is 1.42. The zero-order chi connectivity index (χ0) is 12.1. The zero-order valence-corrected chi connectivity index (χ0v) is 17.1. The molecule has 0 saturated heterocycles. The molecular formula is C7H4Na3O7P. The third-order valence-corrected chi connectivity index (χ3v) is 2.07. The first-order chi connectivity index (χ1) is 6.89. The van der Waals surface area contributed by atoms with Crippen molar-refractivity contribution in [2.24, 2.45) is 5.41 Å². The van der Waals surface area contributed by atoms with E-state index in [1.807, 2.05) is 5.63 Å². The maximum Gasteiger partial charge on any atom is 1.00 e. The Bertz CT molecular complexity index is 368. The Morgan fingerprint density at radius 2 is 1.28 bits per heavy atom. The monoisotopic (exact) mass is 300 g/mol. The molecular weight excluding hydrogens is 296 g/mol. The van der Waals surface area contributed by atoms with Gasteiger partial charge in [0.05, 0.1) is 0 Å². The molecule has 11 heteroatoms. The number of carbonyl (C=O) groups excluding carboxylic acids is 3. The summed E-state index contributed by atoms with van der Waals surface area (Å²) in [6.07, 6.45) is -1.32. The van der Waals surface area contributed by atoms with Crippen molar-refractivity contribution in [3.05, 3.63) is 0 Å². The summed E-state index contributed by atoms with van der Waals surface area (Å²) in [6, 6.07) is 0. The molecule has 0 saturated carbocycles. The van der Waals surface area contributed by atoms with Crippen LogP contribution in [0.5, 0.6) is 0 Å². The van der Waals surface area contributed by atoms with Crippen molar-refractivity contribution in [3.63, 3.8) is 0 Å². The molecule has 0 atom stereocenters. The van der Waals surface area contributed by atoms with Crippen molar-refractivity contribution in [1.29, 1.82) is 0 Å². The molecule has 0 aliphatic heterocycles. The summed E-state index contributed by atoms with van der Waals surface area (Å²) >= 11 is 0. The largest absolute Gasteiger partial charge is 1.00 e. The number of carbonyl (C=O) groups is 3. The van der Waals surface area contributed by atoms with E-state index in [4.69, 9.17) is 0 Å². The third-order valence-electron chi connectivity index (χ3n) is 1.72. The van der Waals surface area contributed by atoms with Gasteiger partial charge in [-0.3, -0.25) is 0 Å². The summed E-state index contributed by atoms with van der Waals surface area (Å²) in [5.74, 6) is -7.02. The number of hydrogen-bond acceptors (Lipinski definition) is 7. The van der Waals surface area contributed by atoms with Crippen molar-refractivity contribution >= 4 is 25.8 Å².